The highest BCUT2D eigenvalue weighted by atomic mass is 32.1. The highest BCUT2D eigenvalue weighted by molar-refractivity contribution is 7.13. The molecule has 1 unspecified atom stereocenters. The second-order valence-corrected chi connectivity index (χ2v) is 9.68. The number of nitrogens with one attached hydrogen (secondary N) is 1. The number of ether oxygens (including phenoxy) is 1. The van der Waals surface area contributed by atoms with E-state index in [9.17, 15) is 14.0 Å². The average molecular weight is 517 g/mol. The van der Waals surface area contributed by atoms with Crippen LogP contribution in [0.3, 0.4) is 0 Å². The van der Waals surface area contributed by atoms with Crippen molar-refractivity contribution in [2.45, 2.75) is 38.3 Å². The van der Waals surface area contributed by atoms with Crippen LogP contribution in [0, 0.1) is 24.2 Å². The van der Waals surface area contributed by atoms with Crippen LogP contribution < -0.4 is 5.32 Å². The molecular weight excluding hydrogens is 491 g/mol. The summed E-state index contributed by atoms with van der Waals surface area (Å²) in [5.74, 6) is 4.64. The molecule has 2 aromatic heterocycles. The number of thiophene rings is 1. The first-order chi connectivity index (χ1) is 18.0. The van der Waals surface area contributed by atoms with Crippen molar-refractivity contribution >= 4 is 28.7 Å². The third-order valence-corrected chi connectivity index (χ3v) is 7.20. The summed E-state index contributed by atoms with van der Waals surface area (Å²) in [7, 11) is 0. The van der Waals surface area contributed by atoms with E-state index in [4.69, 9.17) is 11.3 Å². The van der Waals surface area contributed by atoms with E-state index in [-0.39, 0.29) is 42.9 Å². The van der Waals surface area contributed by atoms with Crippen molar-refractivity contribution in [2.24, 2.45) is 0 Å². The van der Waals surface area contributed by atoms with E-state index in [1.54, 1.807) is 35.3 Å². The molecule has 188 valence electrons. The number of halogens is 1. The summed E-state index contributed by atoms with van der Waals surface area (Å²) < 4.78 is 21.5. The molecule has 0 spiro atoms. The molecule has 1 amide bonds. The van der Waals surface area contributed by atoms with Gasteiger partial charge in [-0.15, -0.1) is 0 Å². The van der Waals surface area contributed by atoms with Crippen molar-refractivity contribution < 1.29 is 18.7 Å². The Labute approximate surface area is 218 Å². The van der Waals surface area contributed by atoms with Crippen LogP contribution in [0.2, 0.25) is 0 Å². The SMILES string of the molecule is [C-]#[N+]c1c(CC(=O)c2ccccc2F)sc2c1CCC(OCC#CCNC(=O)C(=C)Cn1cccn1)C2. The van der Waals surface area contributed by atoms with E-state index >= 15 is 0 Å². The summed E-state index contributed by atoms with van der Waals surface area (Å²) in [5.41, 5.74) is 1.93. The van der Waals surface area contributed by atoms with Gasteiger partial charge in [-0.3, -0.25) is 14.3 Å². The first kappa shape index (κ1) is 26.0. The minimum atomic E-state index is -0.550. The molecule has 0 saturated carbocycles. The van der Waals surface area contributed by atoms with E-state index in [1.807, 2.05) is 0 Å². The predicted octanol–water partition coefficient (Wildman–Crippen LogP) is 4.31. The third-order valence-electron chi connectivity index (χ3n) is 5.96. The quantitative estimate of drug-likeness (QED) is 0.199. The van der Waals surface area contributed by atoms with E-state index in [0.29, 0.717) is 35.5 Å². The van der Waals surface area contributed by atoms with E-state index < -0.39 is 5.82 Å². The fourth-order valence-corrected chi connectivity index (χ4v) is 5.46. The van der Waals surface area contributed by atoms with Crippen LogP contribution in [0.1, 0.15) is 32.1 Å². The minimum Gasteiger partial charge on any atom is -0.365 e. The lowest BCUT2D eigenvalue weighted by molar-refractivity contribution is -0.117. The van der Waals surface area contributed by atoms with Crippen LogP contribution in [0.5, 0.6) is 0 Å². The van der Waals surface area contributed by atoms with E-state index in [0.717, 1.165) is 16.9 Å². The molecule has 3 aromatic rings. The molecule has 0 bridgehead atoms. The van der Waals surface area contributed by atoms with Gasteiger partial charge in [-0.05, 0) is 41.5 Å². The summed E-state index contributed by atoms with van der Waals surface area (Å²) in [4.78, 5) is 30.1. The number of amides is 1. The molecule has 1 atom stereocenters. The van der Waals surface area contributed by atoms with Crippen LogP contribution in [0.15, 0.2) is 54.9 Å². The molecular formula is C28H25FN4O3S. The molecule has 7 nitrogen and oxygen atoms in total. The summed E-state index contributed by atoms with van der Waals surface area (Å²) >= 11 is 1.44. The number of benzene rings is 1. The fourth-order valence-electron chi connectivity index (χ4n) is 4.10. The van der Waals surface area contributed by atoms with Gasteiger partial charge in [0.2, 0.25) is 11.6 Å². The molecule has 0 saturated heterocycles. The Balaban J connectivity index is 1.26. The third kappa shape index (κ3) is 6.59. The monoisotopic (exact) mass is 516 g/mol. The Morgan fingerprint density at radius 1 is 1.32 bits per heavy atom. The zero-order valence-corrected chi connectivity index (χ0v) is 20.9. The first-order valence-electron chi connectivity index (χ1n) is 11.8. The molecule has 9 heteroatoms. The largest absolute Gasteiger partial charge is 0.365 e. The molecule has 4 rings (SSSR count). The molecule has 1 aliphatic rings. The van der Waals surface area contributed by atoms with Gasteiger partial charge in [0.15, 0.2) is 5.78 Å². The molecule has 1 N–H and O–H groups in total. The lowest BCUT2D eigenvalue weighted by Gasteiger charge is -2.21. The standard InChI is InChI=1S/C28H25FN4O3S/c1-19(18-33-14-7-13-32-33)28(35)31-12-5-6-15-36-20-10-11-22-25(16-20)37-26(27(22)30-2)17-24(34)21-8-3-4-9-23(21)29/h3-4,7-9,13-14,20H,1,10-12,15-18H2,(H,31,35). The Morgan fingerprint density at radius 2 is 2.16 bits per heavy atom. The van der Waals surface area contributed by atoms with Crippen LogP contribution in [0.4, 0.5) is 10.1 Å². The molecule has 0 fully saturated rings. The van der Waals surface area contributed by atoms with Crippen molar-refractivity contribution in [1.29, 1.82) is 0 Å². The smallest absolute Gasteiger partial charge is 0.249 e. The van der Waals surface area contributed by atoms with Crippen LogP contribution >= 0.6 is 11.3 Å². The number of aromatic nitrogens is 2. The van der Waals surface area contributed by atoms with Crippen molar-refractivity contribution in [2.75, 3.05) is 13.2 Å². The maximum Gasteiger partial charge on any atom is 0.249 e. The molecule has 0 radical (unpaired) electrons. The number of rotatable bonds is 9. The number of ketones is 1. The van der Waals surface area contributed by atoms with Gasteiger partial charge in [0.25, 0.3) is 0 Å². The van der Waals surface area contributed by atoms with E-state index in [2.05, 4.69) is 33.7 Å². The normalized spacial score (nSPS) is 14.1. The second kappa shape index (κ2) is 12.3. The van der Waals surface area contributed by atoms with Crippen LogP contribution in [-0.4, -0.2) is 40.7 Å². The summed E-state index contributed by atoms with van der Waals surface area (Å²) in [5, 5.41) is 6.75. The first-order valence-corrected chi connectivity index (χ1v) is 12.6. The zero-order valence-electron chi connectivity index (χ0n) is 20.1. The fraction of sp³-hybridized carbons (Fsp3) is 0.286. The van der Waals surface area contributed by atoms with Crippen molar-refractivity contribution in [3.8, 4) is 11.8 Å². The van der Waals surface area contributed by atoms with Gasteiger partial charge in [0.1, 0.15) is 12.4 Å². The molecule has 0 aliphatic heterocycles. The number of fused-ring (bicyclic) bond motifs is 1. The molecule has 37 heavy (non-hydrogen) atoms. The van der Waals surface area contributed by atoms with Gasteiger partial charge in [-0.2, -0.15) is 16.4 Å². The van der Waals surface area contributed by atoms with E-state index in [1.165, 1.54) is 23.5 Å². The lowest BCUT2D eigenvalue weighted by Crippen LogP contribution is -2.27. The maximum absolute atomic E-state index is 14.0. The lowest BCUT2D eigenvalue weighted by atomic mass is 9.94. The Hall–Kier alpha value is -4.05. The molecule has 2 heterocycles. The highest BCUT2D eigenvalue weighted by Crippen LogP contribution is 2.41. The summed E-state index contributed by atoms with van der Waals surface area (Å²) in [6.45, 7) is 12.1. The van der Waals surface area contributed by atoms with Gasteiger partial charge in [0, 0.05) is 35.7 Å². The maximum atomic E-state index is 14.0. The summed E-state index contributed by atoms with van der Waals surface area (Å²) in [6.07, 6.45) is 5.44. The van der Waals surface area contributed by atoms with Gasteiger partial charge in [0.05, 0.1) is 31.3 Å². The number of nitrogens with zero attached hydrogens (tertiary/aromatic N) is 3. The van der Waals surface area contributed by atoms with Crippen molar-refractivity contribution in [1.82, 2.24) is 15.1 Å². The van der Waals surface area contributed by atoms with Crippen molar-refractivity contribution in [3.05, 3.63) is 93.0 Å². The number of Topliss-reactive ketones (excluding diaryl/α,β-unsaturated/α-hetero) is 1. The van der Waals surface area contributed by atoms with Crippen molar-refractivity contribution in [3.63, 3.8) is 0 Å². The topological polar surface area (TPSA) is 77.6 Å². The molecule has 1 aliphatic carbocycles. The van der Waals surface area contributed by atoms with Gasteiger partial charge < -0.3 is 10.1 Å². The summed E-state index contributed by atoms with van der Waals surface area (Å²) in [6, 6.07) is 7.68. The number of carbonyl (C=O) groups is 2. The van der Waals surface area contributed by atoms with Crippen LogP contribution in [-0.2, 0) is 35.3 Å². The van der Waals surface area contributed by atoms with Crippen LogP contribution in [0.25, 0.3) is 4.85 Å². The molecule has 1 aromatic carbocycles. The van der Waals surface area contributed by atoms with Gasteiger partial charge >= 0.3 is 0 Å². The Morgan fingerprint density at radius 3 is 2.92 bits per heavy atom. The minimum absolute atomic E-state index is 0.00734. The van der Waals surface area contributed by atoms with Gasteiger partial charge in [-0.25, -0.2) is 9.24 Å². The van der Waals surface area contributed by atoms with Gasteiger partial charge in [-0.1, -0.05) is 30.6 Å². The number of hydrogen-bond donors (Lipinski definition) is 1. The number of carbonyl (C=O) groups excluding carboxylic acids is 2. The Bertz CT molecular complexity index is 1410. The zero-order chi connectivity index (χ0) is 26.2. The number of hydrogen-bond acceptors (Lipinski definition) is 5. The second-order valence-electron chi connectivity index (χ2n) is 8.49. The Kier molecular flexibility index (Phi) is 8.63. The average Bonchev–Trinajstić information content (AvgIpc) is 3.52. The highest BCUT2D eigenvalue weighted by Gasteiger charge is 2.27. The predicted molar refractivity (Wildman–Crippen MR) is 139 cm³/mol.